The van der Waals surface area contributed by atoms with Gasteiger partial charge in [-0.25, -0.2) is 4.52 Å². The molecule has 10 heteroatoms. The maximum absolute atomic E-state index is 4.58. The Labute approximate surface area is 168 Å². The second-order valence-corrected chi connectivity index (χ2v) is 8.72. The molecule has 138 valence electrons. The first kappa shape index (κ1) is 16.7. The average Bonchev–Trinajstić information content (AvgIpc) is 3.41. The van der Waals surface area contributed by atoms with Gasteiger partial charge < -0.3 is 9.80 Å². The Morgan fingerprint density at radius 1 is 0.926 bits per heavy atom. The van der Waals surface area contributed by atoms with Crippen molar-refractivity contribution in [3.63, 3.8) is 0 Å². The van der Waals surface area contributed by atoms with Crippen LogP contribution in [0.3, 0.4) is 0 Å². The number of pyridine rings is 1. The molecule has 0 N–H and O–H groups in total. The Hall–Kier alpha value is -2.46. The number of aromatic nitrogens is 6. The molecule has 1 saturated heterocycles. The van der Waals surface area contributed by atoms with Crippen molar-refractivity contribution in [2.45, 2.75) is 0 Å². The Kier molecular flexibility index (Phi) is 4.09. The third kappa shape index (κ3) is 3.08. The third-order valence-electron chi connectivity index (χ3n) is 4.81. The largest absolute Gasteiger partial charge is 0.365 e. The summed E-state index contributed by atoms with van der Waals surface area (Å²) in [5.41, 5.74) is 4.49. The molecule has 0 aliphatic carbocycles. The van der Waals surface area contributed by atoms with Crippen LogP contribution in [0.5, 0.6) is 0 Å². The van der Waals surface area contributed by atoms with E-state index < -0.39 is 0 Å². The Morgan fingerprint density at radius 3 is 2.44 bits per heavy atom. The molecule has 0 amide bonds. The van der Waals surface area contributed by atoms with Crippen molar-refractivity contribution in [2.24, 2.45) is 7.05 Å². The zero-order valence-electron chi connectivity index (χ0n) is 14.7. The number of piperazine rings is 1. The minimum Gasteiger partial charge on any atom is -0.365 e. The normalized spacial score (nSPS) is 15.0. The van der Waals surface area contributed by atoms with E-state index in [1.807, 2.05) is 34.8 Å². The Bertz CT molecular complexity index is 1090. The van der Waals surface area contributed by atoms with Crippen LogP contribution in [0.2, 0.25) is 0 Å². The quantitative estimate of drug-likeness (QED) is 0.483. The fourth-order valence-electron chi connectivity index (χ4n) is 3.42. The summed E-state index contributed by atoms with van der Waals surface area (Å²) in [6, 6.07) is 4.27. The maximum Gasteiger partial charge on any atom is 0.209 e. The minimum atomic E-state index is 0.826. The second-order valence-electron chi connectivity index (χ2n) is 6.49. The summed E-state index contributed by atoms with van der Waals surface area (Å²) >= 11 is 4.96. The van der Waals surface area contributed by atoms with Gasteiger partial charge in [0.15, 0.2) is 3.92 Å². The number of nitrogens with zero attached hydrogens (tertiary/aromatic N) is 8. The fraction of sp³-hybridized carbons (Fsp3) is 0.294. The van der Waals surface area contributed by atoms with Gasteiger partial charge in [0, 0.05) is 56.7 Å². The van der Waals surface area contributed by atoms with Gasteiger partial charge in [0.1, 0.15) is 0 Å². The van der Waals surface area contributed by atoms with Crippen LogP contribution in [0, 0.1) is 0 Å². The van der Waals surface area contributed by atoms with Crippen molar-refractivity contribution < 1.29 is 0 Å². The van der Waals surface area contributed by atoms with Gasteiger partial charge in [0.05, 0.1) is 23.6 Å². The van der Waals surface area contributed by atoms with Crippen molar-refractivity contribution in [3.05, 3.63) is 40.8 Å². The molecule has 0 bridgehead atoms. The number of fused-ring (bicyclic) bond motifs is 1. The van der Waals surface area contributed by atoms with Gasteiger partial charge in [-0.05, 0) is 22.0 Å². The van der Waals surface area contributed by atoms with Crippen LogP contribution in [0.1, 0.15) is 0 Å². The maximum atomic E-state index is 4.58. The first-order valence-corrected chi connectivity index (χ1v) is 10.2. The highest BCUT2D eigenvalue weighted by atomic mass is 79.9. The highest BCUT2D eigenvalue weighted by molar-refractivity contribution is 9.11. The second kappa shape index (κ2) is 6.61. The van der Waals surface area contributed by atoms with Crippen molar-refractivity contribution in [3.8, 4) is 11.1 Å². The van der Waals surface area contributed by atoms with Crippen molar-refractivity contribution in [2.75, 3.05) is 36.0 Å². The molecule has 0 unspecified atom stereocenters. The summed E-state index contributed by atoms with van der Waals surface area (Å²) in [6.07, 6.45) is 7.90. The molecule has 0 atom stereocenters. The van der Waals surface area contributed by atoms with Crippen LogP contribution in [0.25, 0.3) is 16.6 Å². The van der Waals surface area contributed by atoms with Gasteiger partial charge >= 0.3 is 0 Å². The molecule has 0 spiro atoms. The van der Waals surface area contributed by atoms with Crippen molar-refractivity contribution >= 4 is 43.6 Å². The zero-order chi connectivity index (χ0) is 18.4. The molecule has 8 nitrogen and oxygen atoms in total. The highest BCUT2D eigenvalue weighted by Crippen LogP contribution is 2.29. The molecule has 1 fully saturated rings. The first-order chi connectivity index (χ1) is 13.2. The van der Waals surface area contributed by atoms with Crippen LogP contribution >= 0.6 is 27.3 Å². The smallest absolute Gasteiger partial charge is 0.209 e. The molecule has 0 radical (unpaired) electrons. The Balaban J connectivity index is 1.36. The van der Waals surface area contributed by atoms with Crippen molar-refractivity contribution in [1.29, 1.82) is 0 Å². The molecular formula is C17H17BrN8S. The molecule has 5 rings (SSSR count). The van der Waals surface area contributed by atoms with E-state index in [1.165, 1.54) is 5.69 Å². The first-order valence-electron chi connectivity index (χ1n) is 8.63. The summed E-state index contributed by atoms with van der Waals surface area (Å²) in [4.78, 5) is 4.67. The molecule has 0 aromatic carbocycles. The van der Waals surface area contributed by atoms with E-state index in [9.17, 15) is 0 Å². The van der Waals surface area contributed by atoms with E-state index in [-0.39, 0.29) is 0 Å². The summed E-state index contributed by atoms with van der Waals surface area (Å²) < 4.78 is 4.59. The summed E-state index contributed by atoms with van der Waals surface area (Å²) in [7, 11) is 1.92. The van der Waals surface area contributed by atoms with E-state index in [2.05, 4.69) is 64.5 Å². The standard InChI is InChI=1S/C17H17BrN8S/c1-23-10-13(8-19-23)12-2-3-14-15(9-20-26(14)11-12)24-4-6-25(7-5-24)17-22-21-16(18)27-17/h2-3,8-11H,4-7H2,1H3. The Morgan fingerprint density at radius 2 is 1.74 bits per heavy atom. The molecule has 1 aliphatic rings. The number of anilines is 2. The van der Waals surface area contributed by atoms with Gasteiger partial charge in [0.2, 0.25) is 5.13 Å². The van der Waals surface area contributed by atoms with Crippen LogP contribution in [-0.2, 0) is 7.05 Å². The van der Waals surface area contributed by atoms with Gasteiger partial charge in [-0.15, -0.1) is 10.2 Å². The van der Waals surface area contributed by atoms with Gasteiger partial charge in [0.25, 0.3) is 0 Å². The number of aryl methyl sites for hydroxylation is 1. The molecule has 0 saturated carbocycles. The monoisotopic (exact) mass is 444 g/mol. The summed E-state index contributed by atoms with van der Waals surface area (Å²) in [5.74, 6) is 0. The number of halogens is 1. The lowest BCUT2D eigenvalue weighted by Crippen LogP contribution is -2.46. The molecular weight excluding hydrogens is 428 g/mol. The van der Waals surface area contributed by atoms with Crippen LogP contribution in [0.4, 0.5) is 10.8 Å². The van der Waals surface area contributed by atoms with Crippen LogP contribution in [0.15, 0.2) is 40.8 Å². The molecule has 4 aromatic rings. The topological polar surface area (TPSA) is 67.4 Å². The van der Waals surface area contributed by atoms with E-state index in [4.69, 9.17) is 0 Å². The number of hydrogen-bond donors (Lipinski definition) is 0. The predicted molar refractivity (Wildman–Crippen MR) is 109 cm³/mol. The fourth-order valence-corrected chi connectivity index (χ4v) is 4.56. The van der Waals surface area contributed by atoms with Crippen molar-refractivity contribution in [1.82, 2.24) is 29.6 Å². The lowest BCUT2D eigenvalue weighted by Gasteiger charge is -2.35. The average molecular weight is 445 g/mol. The zero-order valence-corrected chi connectivity index (χ0v) is 17.1. The van der Waals surface area contributed by atoms with E-state index in [1.54, 1.807) is 11.3 Å². The molecule has 4 aromatic heterocycles. The highest BCUT2D eigenvalue weighted by Gasteiger charge is 2.22. The molecule has 27 heavy (non-hydrogen) atoms. The van der Waals surface area contributed by atoms with Crippen LogP contribution < -0.4 is 9.80 Å². The molecule has 5 heterocycles. The SMILES string of the molecule is Cn1cc(-c2ccc3c(N4CCN(c5nnc(Br)s5)CC4)cnn3c2)cn1. The number of rotatable bonds is 3. The number of hydrogen-bond acceptors (Lipinski definition) is 7. The third-order valence-corrected chi connectivity index (χ3v) is 6.23. The van der Waals surface area contributed by atoms with Crippen LogP contribution in [-0.4, -0.2) is 55.8 Å². The van der Waals surface area contributed by atoms with E-state index in [0.29, 0.717) is 0 Å². The van der Waals surface area contributed by atoms with Gasteiger partial charge in [-0.2, -0.15) is 10.2 Å². The van der Waals surface area contributed by atoms with Gasteiger partial charge in [-0.1, -0.05) is 17.4 Å². The summed E-state index contributed by atoms with van der Waals surface area (Å²) in [6.45, 7) is 3.71. The predicted octanol–water partition coefficient (Wildman–Crippen LogP) is 2.68. The van der Waals surface area contributed by atoms with E-state index in [0.717, 1.165) is 51.9 Å². The lowest BCUT2D eigenvalue weighted by atomic mass is 10.1. The van der Waals surface area contributed by atoms with Gasteiger partial charge in [-0.3, -0.25) is 4.68 Å². The van der Waals surface area contributed by atoms with E-state index >= 15 is 0 Å². The lowest BCUT2D eigenvalue weighted by molar-refractivity contribution is 0.651. The molecule has 1 aliphatic heterocycles. The summed E-state index contributed by atoms with van der Waals surface area (Å²) in [5, 5.41) is 18.1. The minimum absolute atomic E-state index is 0.826.